The molecule has 0 unspecified atom stereocenters. The van der Waals surface area contributed by atoms with Gasteiger partial charge in [-0.25, -0.2) is 0 Å². The van der Waals surface area contributed by atoms with Crippen molar-refractivity contribution in [3.63, 3.8) is 0 Å². The summed E-state index contributed by atoms with van der Waals surface area (Å²) in [5.74, 6) is -1.62. The van der Waals surface area contributed by atoms with E-state index in [1.165, 1.54) is 23.1 Å². The molecule has 1 heterocycles. The number of thiocarbonyl (C=S) groups is 1. The van der Waals surface area contributed by atoms with Gasteiger partial charge in [-0.15, -0.1) is 0 Å². The van der Waals surface area contributed by atoms with Crippen LogP contribution in [0.4, 0.5) is 5.69 Å². The second kappa shape index (κ2) is 8.24. The van der Waals surface area contributed by atoms with E-state index >= 15 is 0 Å². The first kappa shape index (κ1) is 19.1. The lowest BCUT2D eigenvalue weighted by atomic mass is 10.1. The molecule has 0 saturated carbocycles. The number of aromatic hydroxyl groups is 2. The number of hydrogen-bond acceptors (Lipinski definition) is 6. The van der Waals surface area contributed by atoms with Gasteiger partial charge < -0.3 is 15.3 Å². The maximum absolute atomic E-state index is 12.7. The van der Waals surface area contributed by atoms with Gasteiger partial charge in [-0.2, -0.15) is 0 Å². The average Bonchev–Trinajstić information content (AvgIpc) is 2.62. The molecule has 1 saturated heterocycles. The summed E-state index contributed by atoms with van der Waals surface area (Å²) in [5, 5.41) is 28.6. The van der Waals surface area contributed by atoms with E-state index in [2.05, 4.69) is 5.32 Å². The fourth-order valence-corrected chi connectivity index (χ4v) is 2.56. The van der Waals surface area contributed by atoms with E-state index in [-0.39, 0.29) is 27.7 Å². The third-order valence-corrected chi connectivity index (χ3v) is 3.71. The molecule has 0 aromatic heterocycles. The number of benzene rings is 2. The predicted molar refractivity (Wildman–Crippen MR) is 101 cm³/mol. The van der Waals surface area contributed by atoms with Gasteiger partial charge in [0.25, 0.3) is 11.8 Å². The SMILES string of the molecule is CO.O=C1NC(=S)N(c2ccccc2)C(=O)/C1=C/c1ccc(O)cc1O. The zero-order valence-corrected chi connectivity index (χ0v) is 14.5. The predicted octanol–water partition coefficient (Wildman–Crippen LogP) is 1.54. The number of nitrogens with one attached hydrogen (secondary N) is 1. The molecule has 1 aliphatic rings. The third-order valence-electron chi connectivity index (χ3n) is 3.43. The molecule has 0 bridgehead atoms. The van der Waals surface area contributed by atoms with Crippen molar-refractivity contribution in [2.75, 3.05) is 12.0 Å². The zero-order chi connectivity index (χ0) is 19.3. The number of carbonyl (C=O) groups excluding carboxylic acids is 2. The summed E-state index contributed by atoms with van der Waals surface area (Å²) < 4.78 is 0. The Kier molecular flexibility index (Phi) is 6.05. The van der Waals surface area contributed by atoms with E-state index in [0.717, 1.165) is 13.2 Å². The van der Waals surface area contributed by atoms with Crippen molar-refractivity contribution < 1.29 is 24.9 Å². The fourth-order valence-electron chi connectivity index (χ4n) is 2.28. The van der Waals surface area contributed by atoms with E-state index in [1.807, 2.05) is 0 Å². The summed E-state index contributed by atoms with van der Waals surface area (Å²) >= 11 is 5.09. The van der Waals surface area contributed by atoms with Crippen LogP contribution in [0, 0.1) is 0 Å². The second-order valence-electron chi connectivity index (χ2n) is 5.04. The minimum absolute atomic E-state index is 0.0109. The monoisotopic (exact) mass is 372 g/mol. The van der Waals surface area contributed by atoms with Crippen LogP contribution >= 0.6 is 12.2 Å². The zero-order valence-electron chi connectivity index (χ0n) is 13.7. The number of para-hydroxylation sites is 1. The van der Waals surface area contributed by atoms with Gasteiger partial charge in [0.05, 0.1) is 5.69 Å². The Labute approximate surface area is 154 Å². The number of carbonyl (C=O) groups is 2. The molecule has 7 nitrogen and oxygen atoms in total. The summed E-state index contributed by atoms with van der Waals surface area (Å²) in [7, 11) is 1.00. The van der Waals surface area contributed by atoms with Gasteiger partial charge in [-0.05, 0) is 42.6 Å². The van der Waals surface area contributed by atoms with Crippen molar-refractivity contribution >= 4 is 40.9 Å². The lowest BCUT2D eigenvalue weighted by molar-refractivity contribution is -0.122. The van der Waals surface area contributed by atoms with Gasteiger partial charge in [0.15, 0.2) is 5.11 Å². The summed E-state index contributed by atoms with van der Waals surface area (Å²) in [6.07, 6.45) is 1.25. The van der Waals surface area contributed by atoms with E-state index in [4.69, 9.17) is 17.3 Å². The van der Waals surface area contributed by atoms with Crippen LogP contribution < -0.4 is 10.2 Å². The number of amides is 2. The van der Waals surface area contributed by atoms with Crippen LogP contribution in [0.5, 0.6) is 11.5 Å². The normalized spacial score (nSPS) is 15.4. The molecule has 2 aromatic rings. The number of nitrogens with zero attached hydrogens (tertiary/aromatic N) is 1. The number of aliphatic hydroxyl groups is 1. The van der Waals surface area contributed by atoms with Crippen LogP contribution in [-0.2, 0) is 9.59 Å². The van der Waals surface area contributed by atoms with Gasteiger partial charge in [0.2, 0.25) is 0 Å². The Morgan fingerprint density at radius 3 is 2.31 bits per heavy atom. The first-order valence-electron chi connectivity index (χ1n) is 7.40. The highest BCUT2D eigenvalue weighted by Gasteiger charge is 2.34. The number of anilines is 1. The molecule has 0 spiro atoms. The number of rotatable bonds is 2. The van der Waals surface area contributed by atoms with E-state index < -0.39 is 11.8 Å². The summed E-state index contributed by atoms with van der Waals surface area (Å²) in [6.45, 7) is 0. The van der Waals surface area contributed by atoms with E-state index in [9.17, 15) is 19.8 Å². The molecule has 2 aromatic carbocycles. The molecule has 3 rings (SSSR count). The first-order valence-corrected chi connectivity index (χ1v) is 7.81. The van der Waals surface area contributed by atoms with Crippen molar-refractivity contribution in [3.8, 4) is 11.5 Å². The lowest BCUT2D eigenvalue weighted by Crippen LogP contribution is -2.54. The van der Waals surface area contributed by atoms with Crippen molar-refractivity contribution in [2.24, 2.45) is 0 Å². The highest BCUT2D eigenvalue weighted by molar-refractivity contribution is 7.80. The topological polar surface area (TPSA) is 110 Å². The average molecular weight is 372 g/mol. The number of aliphatic hydroxyl groups excluding tert-OH is 1. The highest BCUT2D eigenvalue weighted by Crippen LogP contribution is 2.27. The van der Waals surface area contributed by atoms with Crippen LogP contribution in [0.2, 0.25) is 0 Å². The van der Waals surface area contributed by atoms with Gasteiger partial charge in [0.1, 0.15) is 17.1 Å². The van der Waals surface area contributed by atoms with Crippen LogP contribution in [0.25, 0.3) is 6.08 Å². The molecular formula is C18H16N2O5S. The Morgan fingerprint density at radius 1 is 1.04 bits per heavy atom. The van der Waals surface area contributed by atoms with E-state index in [1.54, 1.807) is 30.3 Å². The Bertz CT molecular complexity index is 880. The summed E-state index contributed by atoms with van der Waals surface area (Å²) in [4.78, 5) is 26.0. The van der Waals surface area contributed by atoms with Gasteiger partial charge in [-0.3, -0.25) is 19.8 Å². The number of hydrogen-bond donors (Lipinski definition) is 4. The molecule has 0 aliphatic carbocycles. The van der Waals surface area contributed by atoms with Gasteiger partial charge in [-0.1, -0.05) is 18.2 Å². The minimum Gasteiger partial charge on any atom is -0.508 e. The van der Waals surface area contributed by atoms with Crippen LogP contribution in [0.3, 0.4) is 0 Å². The molecule has 8 heteroatoms. The van der Waals surface area contributed by atoms with Crippen molar-refractivity contribution in [1.82, 2.24) is 5.32 Å². The molecular weight excluding hydrogens is 356 g/mol. The molecule has 0 atom stereocenters. The standard InChI is InChI=1S/C17H12N2O4S.CH4O/c20-12-7-6-10(14(21)9-12)8-13-15(22)18-17(24)19(16(13)23)11-4-2-1-3-5-11;1-2/h1-9,20-21H,(H,18,22,24);2H,1H3/b13-8+;. The van der Waals surface area contributed by atoms with Gasteiger partial charge in [0, 0.05) is 18.7 Å². The largest absolute Gasteiger partial charge is 0.508 e. The molecule has 1 fully saturated rings. The molecule has 0 radical (unpaired) electrons. The Balaban J connectivity index is 0.00000117. The van der Waals surface area contributed by atoms with Crippen molar-refractivity contribution in [1.29, 1.82) is 0 Å². The maximum Gasteiger partial charge on any atom is 0.270 e. The van der Waals surface area contributed by atoms with Crippen LogP contribution in [-0.4, -0.2) is 39.4 Å². The molecule has 26 heavy (non-hydrogen) atoms. The smallest absolute Gasteiger partial charge is 0.270 e. The van der Waals surface area contributed by atoms with Crippen molar-refractivity contribution in [3.05, 3.63) is 59.7 Å². The number of phenols is 2. The second-order valence-corrected chi connectivity index (χ2v) is 5.42. The maximum atomic E-state index is 12.7. The summed E-state index contributed by atoms with van der Waals surface area (Å²) in [6, 6.07) is 12.5. The molecule has 2 amide bonds. The van der Waals surface area contributed by atoms with Gasteiger partial charge >= 0.3 is 0 Å². The molecule has 134 valence electrons. The first-order chi connectivity index (χ1) is 12.5. The fraction of sp³-hybridized carbons (Fsp3) is 0.0556. The molecule has 4 N–H and O–H groups in total. The lowest BCUT2D eigenvalue weighted by Gasteiger charge is -2.28. The Hall–Kier alpha value is -3.23. The number of phenolic OH excluding ortho intramolecular Hbond substituents is 2. The summed E-state index contributed by atoms with van der Waals surface area (Å²) in [5.41, 5.74) is 0.578. The highest BCUT2D eigenvalue weighted by atomic mass is 32.1. The van der Waals surface area contributed by atoms with E-state index in [0.29, 0.717) is 5.69 Å². The third kappa shape index (κ3) is 3.88. The van der Waals surface area contributed by atoms with Crippen LogP contribution in [0.1, 0.15) is 5.56 Å². The quantitative estimate of drug-likeness (QED) is 0.362. The van der Waals surface area contributed by atoms with Crippen molar-refractivity contribution in [2.45, 2.75) is 0 Å². The molecule has 1 aliphatic heterocycles. The van der Waals surface area contributed by atoms with Crippen LogP contribution in [0.15, 0.2) is 54.1 Å². The Morgan fingerprint density at radius 2 is 1.69 bits per heavy atom. The minimum atomic E-state index is -0.648.